The van der Waals surface area contributed by atoms with E-state index in [1.54, 1.807) is 5.06 Å². The van der Waals surface area contributed by atoms with E-state index >= 15 is 0 Å². The molecule has 1 amide bonds. The number of rotatable bonds is 3. The molecule has 1 fully saturated rings. The fourth-order valence-corrected chi connectivity index (χ4v) is 1.76. The second-order valence-electron chi connectivity index (χ2n) is 4.18. The Balaban J connectivity index is 1.92. The number of benzene rings is 1. The van der Waals surface area contributed by atoms with Gasteiger partial charge in [0.05, 0.1) is 18.0 Å². The molecule has 0 aliphatic carbocycles. The van der Waals surface area contributed by atoms with E-state index in [2.05, 4.69) is 5.32 Å². The predicted molar refractivity (Wildman–Crippen MR) is 66.2 cm³/mol. The minimum Gasteiger partial charge on any atom is -0.397 e. The van der Waals surface area contributed by atoms with Crippen molar-refractivity contribution in [3.63, 3.8) is 0 Å². The fourth-order valence-electron chi connectivity index (χ4n) is 1.76. The van der Waals surface area contributed by atoms with E-state index in [9.17, 15) is 9.18 Å². The summed E-state index contributed by atoms with van der Waals surface area (Å²) in [7, 11) is 0. The first kappa shape index (κ1) is 12.8. The van der Waals surface area contributed by atoms with Crippen LogP contribution in [0.2, 0.25) is 0 Å². The molecule has 3 N–H and O–H groups in total. The largest absolute Gasteiger partial charge is 0.397 e. The van der Waals surface area contributed by atoms with Crippen LogP contribution in [0.1, 0.15) is 12.8 Å². The second-order valence-corrected chi connectivity index (χ2v) is 4.18. The number of carbonyl (C=O) groups excluding carboxylic acids is 1. The SMILES string of the molecule is Nc1ccc(F)cc1NC(=O)CN1CCCCO1. The standard InChI is InChI=1S/C12H16FN3O2/c13-9-3-4-10(14)11(7-9)15-12(17)8-16-5-1-2-6-18-16/h3-4,7H,1-2,5-6,8,14H2,(H,15,17). The van der Waals surface area contributed by atoms with Crippen molar-refractivity contribution in [1.82, 2.24) is 5.06 Å². The Morgan fingerprint density at radius 3 is 3.06 bits per heavy atom. The average Bonchev–Trinajstić information content (AvgIpc) is 2.35. The van der Waals surface area contributed by atoms with Crippen molar-refractivity contribution in [2.24, 2.45) is 0 Å². The van der Waals surface area contributed by atoms with Gasteiger partial charge in [0.15, 0.2) is 0 Å². The van der Waals surface area contributed by atoms with E-state index in [1.165, 1.54) is 18.2 Å². The van der Waals surface area contributed by atoms with Gasteiger partial charge in [-0.3, -0.25) is 9.63 Å². The summed E-state index contributed by atoms with van der Waals surface area (Å²) in [4.78, 5) is 17.0. The molecule has 0 atom stereocenters. The first-order valence-electron chi connectivity index (χ1n) is 5.88. The third-order valence-electron chi connectivity index (χ3n) is 2.69. The Kier molecular flexibility index (Phi) is 4.11. The van der Waals surface area contributed by atoms with Gasteiger partial charge in [-0.15, -0.1) is 0 Å². The highest BCUT2D eigenvalue weighted by atomic mass is 19.1. The van der Waals surface area contributed by atoms with Gasteiger partial charge in [-0.2, -0.15) is 5.06 Å². The van der Waals surface area contributed by atoms with Crippen LogP contribution in [-0.2, 0) is 9.63 Å². The van der Waals surface area contributed by atoms with E-state index in [0.29, 0.717) is 12.3 Å². The van der Waals surface area contributed by atoms with Crippen LogP contribution in [-0.4, -0.2) is 30.7 Å². The summed E-state index contributed by atoms with van der Waals surface area (Å²) in [5.41, 5.74) is 6.27. The van der Waals surface area contributed by atoms with E-state index in [4.69, 9.17) is 10.6 Å². The molecule has 1 aromatic rings. The summed E-state index contributed by atoms with van der Waals surface area (Å²) < 4.78 is 13.0. The third kappa shape index (κ3) is 3.41. The monoisotopic (exact) mass is 253 g/mol. The van der Waals surface area contributed by atoms with E-state index in [-0.39, 0.29) is 18.1 Å². The highest BCUT2D eigenvalue weighted by Gasteiger charge is 2.15. The van der Waals surface area contributed by atoms with Gasteiger partial charge in [0.25, 0.3) is 0 Å². The summed E-state index contributed by atoms with van der Waals surface area (Å²) in [5, 5.41) is 4.18. The maximum Gasteiger partial charge on any atom is 0.241 e. The normalized spacial score (nSPS) is 16.5. The van der Waals surface area contributed by atoms with E-state index < -0.39 is 5.82 Å². The predicted octanol–water partition coefficient (Wildman–Crippen LogP) is 1.37. The lowest BCUT2D eigenvalue weighted by Gasteiger charge is -2.25. The summed E-state index contributed by atoms with van der Waals surface area (Å²) in [5.74, 6) is -0.706. The average molecular weight is 253 g/mol. The number of nitrogen functional groups attached to an aromatic ring is 1. The summed E-state index contributed by atoms with van der Waals surface area (Å²) in [6.07, 6.45) is 2.02. The first-order valence-corrected chi connectivity index (χ1v) is 5.88. The van der Waals surface area contributed by atoms with Crippen LogP contribution in [0.25, 0.3) is 0 Å². The number of carbonyl (C=O) groups is 1. The van der Waals surface area contributed by atoms with Crippen LogP contribution < -0.4 is 11.1 Å². The molecular formula is C12H16FN3O2. The summed E-state index contributed by atoms with van der Waals surface area (Å²) in [6, 6.07) is 3.87. The number of amides is 1. The van der Waals surface area contributed by atoms with Crippen LogP contribution in [0.15, 0.2) is 18.2 Å². The number of hydrogen-bond donors (Lipinski definition) is 2. The number of nitrogens with zero attached hydrogens (tertiary/aromatic N) is 1. The number of hydroxylamine groups is 2. The quantitative estimate of drug-likeness (QED) is 0.798. The van der Waals surface area contributed by atoms with E-state index in [1.807, 2.05) is 0 Å². The highest BCUT2D eigenvalue weighted by molar-refractivity contribution is 5.95. The van der Waals surface area contributed by atoms with Crippen molar-refractivity contribution < 1.29 is 14.0 Å². The van der Waals surface area contributed by atoms with Gasteiger partial charge in [0, 0.05) is 6.54 Å². The number of nitrogens with one attached hydrogen (secondary N) is 1. The third-order valence-corrected chi connectivity index (χ3v) is 2.69. The molecule has 1 aliphatic heterocycles. The fraction of sp³-hybridized carbons (Fsp3) is 0.417. The van der Waals surface area contributed by atoms with Crippen molar-refractivity contribution in [2.45, 2.75) is 12.8 Å². The topological polar surface area (TPSA) is 67.6 Å². The van der Waals surface area contributed by atoms with E-state index in [0.717, 1.165) is 19.4 Å². The van der Waals surface area contributed by atoms with Crippen molar-refractivity contribution in [3.8, 4) is 0 Å². The van der Waals surface area contributed by atoms with Crippen molar-refractivity contribution >= 4 is 17.3 Å². The number of halogens is 1. The molecule has 0 unspecified atom stereocenters. The molecule has 0 saturated carbocycles. The van der Waals surface area contributed by atoms with Gasteiger partial charge in [0.1, 0.15) is 12.4 Å². The number of hydrogen-bond acceptors (Lipinski definition) is 4. The minimum absolute atomic E-state index is 0.121. The maximum atomic E-state index is 13.0. The van der Waals surface area contributed by atoms with Crippen LogP contribution in [0.5, 0.6) is 0 Å². The smallest absolute Gasteiger partial charge is 0.241 e. The number of anilines is 2. The van der Waals surface area contributed by atoms with Crippen LogP contribution >= 0.6 is 0 Å². The zero-order valence-corrected chi connectivity index (χ0v) is 9.99. The molecule has 5 nitrogen and oxygen atoms in total. The lowest BCUT2D eigenvalue weighted by atomic mass is 10.2. The zero-order chi connectivity index (χ0) is 13.0. The molecule has 1 heterocycles. The van der Waals surface area contributed by atoms with Crippen molar-refractivity contribution in [1.29, 1.82) is 0 Å². The Labute approximate surface area is 105 Å². The lowest BCUT2D eigenvalue weighted by Crippen LogP contribution is -2.37. The number of nitrogens with two attached hydrogens (primary N) is 1. The zero-order valence-electron chi connectivity index (χ0n) is 9.99. The molecule has 1 saturated heterocycles. The van der Waals surface area contributed by atoms with Gasteiger partial charge >= 0.3 is 0 Å². The lowest BCUT2D eigenvalue weighted by molar-refractivity contribution is -0.182. The molecule has 1 aromatic carbocycles. The van der Waals surface area contributed by atoms with Crippen LogP contribution in [0.4, 0.5) is 15.8 Å². The Bertz CT molecular complexity index is 433. The van der Waals surface area contributed by atoms with Gasteiger partial charge in [-0.05, 0) is 31.0 Å². The molecule has 6 heteroatoms. The molecule has 0 radical (unpaired) electrons. The minimum atomic E-state index is -0.436. The van der Waals surface area contributed by atoms with Crippen molar-refractivity contribution in [3.05, 3.63) is 24.0 Å². The first-order chi connectivity index (χ1) is 8.65. The van der Waals surface area contributed by atoms with Crippen LogP contribution in [0.3, 0.4) is 0 Å². The molecule has 0 spiro atoms. The van der Waals surface area contributed by atoms with Crippen molar-refractivity contribution in [2.75, 3.05) is 30.7 Å². The molecule has 2 rings (SSSR count). The summed E-state index contributed by atoms with van der Waals surface area (Å²) in [6.45, 7) is 1.48. The molecule has 98 valence electrons. The maximum absolute atomic E-state index is 13.0. The van der Waals surface area contributed by atoms with Gasteiger partial charge in [-0.1, -0.05) is 0 Å². The molecular weight excluding hydrogens is 237 g/mol. The highest BCUT2D eigenvalue weighted by Crippen LogP contribution is 2.19. The molecule has 18 heavy (non-hydrogen) atoms. The Morgan fingerprint density at radius 1 is 1.50 bits per heavy atom. The van der Waals surface area contributed by atoms with Crippen LogP contribution in [0, 0.1) is 5.82 Å². The molecule has 1 aliphatic rings. The Morgan fingerprint density at radius 2 is 2.33 bits per heavy atom. The molecule has 0 bridgehead atoms. The second kappa shape index (κ2) is 5.79. The molecule has 0 aromatic heterocycles. The summed E-state index contributed by atoms with van der Waals surface area (Å²) >= 11 is 0. The van der Waals surface area contributed by atoms with Gasteiger partial charge in [0.2, 0.25) is 5.91 Å². The Hall–Kier alpha value is -1.66. The van der Waals surface area contributed by atoms with Gasteiger partial charge in [-0.25, -0.2) is 4.39 Å². The van der Waals surface area contributed by atoms with Gasteiger partial charge < -0.3 is 11.1 Å².